The van der Waals surface area contributed by atoms with Gasteiger partial charge in [-0.1, -0.05) is 50.7 Å². The maximum atomic E-state index is 15.1. The summed E-state index contributed by atoms with van der Waals surface area (Å²) in [5, 5.41) is -0.947. The zero-order chi connectivity index (χ0) is 26.7. The third-order valence-corrected chi connectivity index (χ3v) is 7.25. The summed E-state index contributed by atoms with van der Waals surface area (Å²) in [4.78, 5) is 0. The molecule has 0 unspecified atom stereocenters. The van der Waals surface area contributed by atoms with Crippen LogP contribution in [0.1, 0.15) is 75.3 Å². The number of halogens is 7. The van der Waals surface area contributed by atoms with Crippen molar-refractivity contribution in [1.82, 2.24) is 0 Å². The molecule has 0 spiro atoms. The van der Waals surface area contributed by atoms with Gasteiger partial charge in [0.05, 0.1) is 10.9 Å². The van der Waals surface area contributed by atoms with Gasteiger partial charge in [0.25, 0.3) is 0 Å². The lowest BCUT2D eigenvalue weighted by Gasteiger charge is -2.29. The van der Waals surface area contributed by atoms with E-state index in [0.29, 0.717) is 12.0 Å². The molecule has 3 aromatic carbocycles. The second-order valence-corrected chi connectivity index (χ2v) is 9.80. The zero-order valence-electron chi connectivity index (χ0n) is 20.4. The summed E-state index contributed by atoms with van der Waals surface area (Å²) in [6.45, 7) is 2.19. The predicted molar refractivity (Wildman–Crippen MR) is 131 cm³/mol. The van der Waals surface area contributed by atoms with E-state index in [4.69, 9.17) is 0 Å². The van der Waals surface area contributed by atoms with Gasteiger partial charge in [0.2, 0.25) is 0 Å². The highest BCUT2D eigenvalue weighted by Crippen LogP contribution is 2.39. The first-order chi connectivity index (χ1) is 17.6. The Hall–Kier alpha value is -3.01. The number of rotatable bonds is 6. The quantitative estimate of drug-likeness (QED) is 0.172. The number of fused-ring (bicyclic) bond motifs is 1. The van der Waals surface area contributed by atoms with Crippen molar-refractivity contribution in [3.05, 3.63) is 70.8 Å². The molecule has 196 valence electrons. The molecular weight excluding hydrogens is 493 g/mol. The molecule has 0 bridgehead atoms. The molecule has 3 aromatic rings. The molecule has 1 aliphatic carbocycles. The highest BCUT2D eigenvalue weighted by Gasteiger charge is 2.25. The van der Waals surface area contributed by atoms with Crippen molar-refractivity contribution in [2.24, 2.45) is 5.92 Å². The Morgan fingerprint density at radius 1 is 0.838 bits per heavy atom. The number of unbranched alkanes of at least 4 members (excludes halogenated alkanes) is 2. The molecule has 0 nitrogen and oxygen atoms in total. The number of benzene rings is 3. The van der Waals surface area contributed by atoms with Crippen LogP contribution in [0.5, 0.6) is 0 Å². The lowest BCUT2D eigenvalue weighted by atomic mass is 9.77. The monoisotopic (exact) mass is 520 g/mol. The Kier molecular flexibility index (Phi) is 8.16. The molecule has 1 fully saturated rings. The molecular formula is C30H27F7. The van der Waals surface area contributed by atoms with Crippen LogP contribution in [-0.4, -0.2) is 6.18 Å². The Balaban J connectivity index is 1.59. The van der Waals surface area contributed by atoms with Crippen LogP contribution < -0.4 is 0 Å². The SMILES string of the molecule is CCCCCC1CCC(c2ccc(-c3cc(F)c4c(F)c(C#CC(F)(F)F)c(F)cc4c3)c(F)c2)CC1. The summed E-state index contributed by atoms with van der Waals surface area (Å²) in [5.74, 6) is -1.46. The van der Waals surface area contributed by atoms with Gasteiger partial charge in [-0.3, -0.25) is 0 Å². The second-order valence-electron chi connectivity index (χ2n) is 9.80. The molecule has 0 atom stereocenters. The van der Waals surface area contributed by atoms with E-state index < -0.39 is 40.4 Å². The van der Waals surface area contributed by atoms with E-state index in [1.165, 1.54) is 49.8 Å². The predicted octanol–water partition coefficient (Wildman–Crippen LogP) is 9.83. The zero-order valence-corrected chi connectivity index (χ0v) is 20.4. The van der Waals surface area contributed by atoms with Crippen molar-refractivity contribution in [2.45, 2.75) is 70.4 Å². The summed E-state index contributed by atoms with van der Waals surface area (Å²) in [6, 6.07) is 7.59. The van der Waals surface area contributed by atoms with Gasteiger partial charge >= 0.3 is 6.18 Å². The molecule has 7 heteroatoms. The third-order valence-electron chi connectivity index (χ3n) is 7.25. The highest BCUT2D eigenvalue weighted by molar-refractivity contribution is 5.90. The van der Waals surface area contributed by atoms with Gasteiger partial charge in [-0.15, -0.1) is 0 Å². The van der Waals surface area contributed by atoms with E-state index in [0.717, 1.165) is 43.2 Å². The highest BCUT2D eigenvalue weighted by atomic mass is 19.4. The van der Waals surface area contributed by atoms with Gasteiger partial charge in [0.15, 0.2) is 5.82 Å². The lowest BCUT2D eigenvalue weighted by Crippen LogP contribution is -2.13. The first-order valence-corrected chi connectivity index (χ1v) is 12.6. The summed E-state index contributed by atoms with van der Waals surface area (Å²) in [7, 11) is 0. The number of hydrogen-bond donors (Lipinski definition) is 0. The van der Waals surface area contributed by atoms with Gasteiger partial charge in [-0.2, -0.15) is 13.2 Å². The van der Waals surface area contributed by atoms with Crippen molar-refractivity contribution in [3.63, 3.8) is 0 Å². The molecule has 0 radical (unpaired) electrons. The normalized spacial score (nSPS) is 18.1. The van der Waals surface area contributed by atoms with Gasteiger partial charge < -0.3 is 0 Å². The summed E-state index contributed by atoms with van der Waals surface area (Å²) in [5.41, 5.74) is -0.159. The Labute approximate surface area is 211 Å². The van der Waals surface area contributed by atoms with E-state index >= 15 is 4.39 Å². The van der Waals surface area contributed by atoms with E-state index in [-0.39, 0.29) is 22.4 Å². The summed E-state index contributed by atoms with van der Waals surface area (Å²) >= 11 is 0. The fourth-order valence-electron chi connectivity index (χ4n) is 5.30. The van der Waals surface area contributed by atoms with Crippen LogP contribution in [0.15, 0.2) is 36.4 Å². The fourth-order valence-corrected chi connectivity index (χ4v) is 5.30. The van der Waals surface area contributed by atoms with Crippen molar-refractivity contribution in [3.8, 4) is 23.0 Å². The number of hydrogen-bond acceptors (Lipinski definition) is 0. The summed E-state index contributed by atoms with van der Waals surface area (Å²) < 4.78 is 96.2. The first kappa shape index (κ1) is 27.0. The van der Waals surface area contributed by atoms with Gasteiger partial charge in [0.1, 0.15) is 17.5 Å². The largest absolute Gasteiger partial charge is 0.458 e. The lowest BCUT2D eigenvalue weighted by molar-refractivity contribution is -0.0696. The molecule has 1 saturated carbocycles. The van der Waals surface area contributed by atoms with Crippen molar-refractivity contribution in [1.29, 1.82) is 0 Å². The average Bonchev–Trinajstić information content (AvgIpc) is 2.83. The van der Waals surface area contributed by atoms with Gasteiger partial charge in [0, 0.05) is 11.5 Å². The topological polar surface area (TPSA) is 0 Å². The average molecular weight is 521 g/mol. The van der Waals surface area contributed by atoms with E-state index in [1.807, 2.05) is 0 Å². The van der Waals surface area contributed by atoms with Crippen LogP contribution in [0.3, 0.4) is 0 Å². The van der Waals surface area contributed by atoms with Crippen LogP contribution in [0.4, 0.5) is 30.7 Å². The molecule has 0 aliphatic heterocycles. The maximum Gasteiger partial charge on any atom is 0.458 e. The molecule has 4 rings (SSSR count). The molecule has 0 N–H and O–H groups in total. The van der Waals surface area contributed by atoms with Crippen LogP contribution in [0, 0.1) is 41.0 Å². The second kappa shape index (κ2) is 11.2. The van der Waals surface area contributed by atoms with Crippen molar-refractivity contribution < 1.29 is 30.7 Å². The fraction of sp³-hybridized carbons (Fsp3) is 0.400. The minimum Gasteiger partial charge on any atom is -0.206 e. The molecule has 0 aromatic heterocycles. The van der Waals surface area contributed by atoms with E-state index in [2.05, 4.69) is 6.92 Å². The van der Waals surface area contributed by atoms with Crippen LogP contribution in [0.2, 0.25) is 0 Å². The van der Waals surface area contributed by atoms with Gasteiger partial charge in [-0.05, 0) is 78.3 Å². The molecule has 37 heavy (non-hydrogen) atoms. The van der Waals surface area contributed by atoms with Crippen molar-refractivity contribution >= 4 is 10.8 Å². The van der Waals surface area contributed by atoms with Crippen LogP contribution in [0.25, 0.3) is 21.9 Å². The Morgan fingerprint density at radius 3 is 2.22 bits per heavy atom. The first-order valence-electron chi connectivity index (χ1n) is 12.6. The van der Waals surface area contributed by atoms with Crippen LogP contribution in [-0.2, 0) is 0 Å². The molecule has 0 saturated heterocycles. The van der Waals surface area contributed by atoms with E-state index in [9.17, 15) is 26.3 Å². The Morgan fingerprint density at radius 2 is 1.57 bits per heavy atom. The molecule has 0 heterocycles. The third kappa shape index (κ3) is 6.29. The van der Waals surface area contributed by atoms with Gasteiger partial charge in [-0.25, -0.2) is 17.6 Å². The molecule has 0 amide bonds. The maximum absolute atomic E-state index is 15.1. The standard InChI is InChI=1S/C30H27F7/c1-2-3-4-5-18-6-8-19(9-7-18)20-10-11-23(25(31)15-20)21-14-22-17-26(32)24(12-13-30(35,36)37)29(34)28(22)27(33)16-21/h10-11,14-19H,2-9H2,1H3. The van der Waals surface area contributed by atoms with Crippen molar-refractivity contribution in [2.75, 3.05) is 0 Å². The van der Waals surface area contributed by atoms with Crippen LogP contribution >= 0.6 is 0 Å². The van der Waals surface area contributed by atoms with E-state index in [1.54, 1.807) is 6.07 Å². The number of alkyl halides is 3. The smallest absolute Gasteiger partial charge is 0.206 e. The molecule has 1 aliphatic rings. The minimum atomic E-state index is -4.96. The minimum absolute atomic E-state index is 0.0690. The summed E-state index contributed by atoms with van der Waals surface area (Å²) in [6.07, 6.45) is 4.15. The Bertz CT molecular complexity index is 1340.